The number of rotatable bonds is 1. The molecule has 0 aliphatic carbocycles. The van der Waals surface area contributed by atoms with Gasteiger partial charge in [0, 0.05) is 6.07 Å². The molecule has 0 amide bonds. The van der Waals surface area contributed by atoms with Crippen molar-refractivity contribution in [2.24, 2.45) is 0 Å². The van der Waals surface area contributed by atoms with Crippen LogP contribution in [0.4, 0.5) is 13.2 Å². The quantitative estimate of drug-likeness (QED) is 0.572. The van der Waals surface area contributed by atoms with Crippen molar-refractivity contribution in [1.29, 1.82) is 0 Å². The molecule has 0 saturated carbocycles. The SMILES string of the molecule is C=Cc1nc(F)c(F)cc1F. The monoisotopic (exact) mass is 159 g/mol. The number of nitrogens with zero attached hydrogens (tertiary/aromatic N) is 1. The van der Waals surface area contributed by atoms with Gasteiger partial charge >= 0.3 is 0 Å². The molecule has 0 fully saturated rings. The first-order valence-corrected chi connectivity index (χ1v) is 2.79. The maximum Gasteiger partial charge on any atom is 0.249 e. The van der Waals surface area contributed by atoms with Crippen molar-refractivity contribution in [1.82, 2.24) is 4.98 Å². The lowest BCUT2D eigenvalue weighted by molar-refractivity contribution is 0.463. The zero-order valence-electron chi connectivity index (χ0n) is 5.44. The van der Waals surface area contributed by atoms with Gasteiger partial charge in [0.05, 0.1) is 0 Å². The molecule has 1 heterocycles. The molecule has 0 aliphatic rings. The van der Waals surface area contributed by atoms with Crippen molar-refractivity contribution < 1.29 is 13.2 Å². The van der Waals surface area contributed by atoms with E-state index in [0.717, 1.165) is 6.08 Å². The van der Waals surface area contributed by atoms with Crippen molar-refractivity contribution in [3.63, 3.8) is 0 Å². The van der Waals surface area contributed by atoms with E-state index >= 15 is 0 Å². The summed E-state index contributed by atoms with van der Waals surface area (Å²) in [5, 5.41) is 0. The second-order valence-electron chi connectivity index (χ2n) is 1.83. The molecule has 0 radical (unpaired) electrons. The van der Waals surface area contributed by atoms with Gasteiger partial charge in [0.15, 0.2) is 11.6 Å². The molecule has 1 rings (SSSR count). The zero-order valence-corrected chi connectivity index (χ0v) is 5.44. The molecular formula is C7H4F3N. The van der Waals surface area contributed by atoms with Crippen LogP contribution in [-0.2, 0) is 0 Å². The maximum atomic E-state index is 12.5. The minimum Gasteiger partial charge on any atom is -0.215 e. The van der Waals surface area contributed by atoms with Gasteiger partial charge in [-0.05, 0) is 6.08 Å². The fraction of sp³-hybridized carbons (Fsp3) is 0. The first kappa shape index (κ1) is 7.78. The maximum absolute atomic E-state index is 12.5. The smallest absolute Gasteiger partial charge is 0.215 e. The fourth-order valence-corrected chi connectivity index (χ4v) is 0.600. The molecule has 11 heavy (non-hydrogen) atoms. The van der Waals surface area contributed by atoms with Crippen molar-refractivity contribution >= 4 is 6.08 Å². The summed E-state index contributed by atoms with van der Waals surface area (Å²) in [5.41, 5.74) is -0.288. The predicted molar refractivity (Wildman–Crippen MR) is 34.2 cm³/mol. The van der Waals surface area contributed by atoms with Gasteiger partial charge in [-0.2, -0.15) is 4.39 Å². The summed E-state index contributed by atoms with van der Waals surface area (Å²) < 4.78 is 36.9. The van der Waals surface area contributed by atoms with Crippen LogP contribution < -0.4 is 0 Å². The molecule has 4 heteroatoms. The third kappa shape index (κ3) is 1.39. The Kier molecular flexibility index (Phi) is 1.94. The molecule has 58 valence electrons. The van der Waals surface area contributed by atoms with Crippen LogP contribution in [0.15, 0.2) is 12.6 Å². The van der Waals surface area contributed by atoms with E-state index in [1.807, 2.05) is 0 Å². The Hall–Kier alpha value is -1.32. The van der Waals surface area contributed by atoms with E-state index < -0.39 is 17.6 Å². The molecular weight excluding hydrogens is 155 g/mol. The van der Waals surface area contributed by atoms with Gasteiger partial charge < -0.3 is 0 Å². The molecule has 0 atom stereocenters. The van der Waals surface area contributed by atoms with E-state index in [1.54, 1.807) is 0 Å². The molecule has 0 saturated heterocycles. The third-order valence-corrected chi connectivity index (χ3v) is 1.11. The predicted octanol–water partition coefficient (Wildman–Crippen LogP) is 2.14. The average Bonchev–Trinajstić information content (AvgIpc) is 1.97. The Labute approximate surface area is 61.2 Å². The molecule has 0 spiro atoms. The highest BCUT2D eigenvalue weighted by Crippen LogP contribution is 2.09. The lowest BCUT2D eigenvalue weighted by Crippen LogP contribution is -1.95. The molecule has 0 bridgehead atoms. The molecule has 1 aromatic rings. The summed E-state index contributed by atoms with van der Waals surface area (Å²) in [6, 6.07) is 0.430. The number of hydrogen-bond donors (Lipinski definition) is 0. The zero-order chi connectivity index (χ0) is 8.43. The summed E-state index contributed by atoms with van der Waals surface area (Å²) in [7, 11) is 0. The van der Waals surface area contributed by atoms with Crippen molar-refractivity contribution in [3.05, 3.63) is 35.9 Å². The summed E-state index contributed by atoms with van der Waals surface area (Å²) in [4.78, 5) is 2.96. The Morgan fingerprint density at radius 1 is 1.27 bits per heavy atom. The standard InChI is InChI=1S/C7H4F3N/c1-2-6-4(8)3-5(9)7(10)11-6/h2-3H,1H2. The number of hydrogen-bond acceptors (Lipinski definition) is 1. The van der Waals surface area contributed by atoms with E-state index in [2.05, 4.69) is 11.6 Å². The summed E-state index contributed by atoms with van der Waals surface area (Å²) in [6.45, 7) is 3.17. The van der Waals surface area contributed by atoms with Crippen LogP contribution >= 0.6 is 0 Å². The number of halogens is 3. The molecule has 0 aliphatic heterocycles. The number of aromatic nitrogens is 1. The Balaban J connectivity index is 3.31. The van der Waals surface area contributed by atoms with Crippen LogP contribution in [0, 0.1) is 17.6 Å². The first-order valence-electron chi connectivity index (χ1n) is 2.79. The summed E-state index contributed by atoms with van der Waals surface area (Å²) in [6.07, 6.45) is 1.01. The van der Waals surface area contributed by atoms with E-state index in [9.17, 15) is 13.2 Å². The van der Waals surface area contributed by atoms with Crippen LogP contribution in [0.25, 0.3) is 6.08 Å². The highest BCUT2D eigenvalue weighted by molar-refractivity contribution is 5.41. The molecule has 0 unspecified atom stereocenters. The average molecular weight is 159 g/mol. The number of pyridine rings is 1. The van der Waals surface area contributed by atoms with Gasteiger partial charge in [0.25, 0.3) is 0 Å². The van der Waals surface area contributed by atoms with Crippen molar-refractivity contribution in [2.75, 3.05) is 0 Å². The van der Waals surface area contributed by atoms with E-state index in [4.69, 9.17) is 0 Å². The summed E-state index contributed by atoms with van der Waals surface area (Å²) in [5.74, 6) is -3.53. The first-order chi connectivity index (χ1) is 5.15. The van der Waals surface area contributed by atoms with Gasteiger partial charge in [-0.3, -0.25) is 0 Å². The largest absolute Gasteiger partial charge is 0.249 e. The Bertz CT molecular complexity index is 296. The van der Waals surface area contributed by atoms with E-state index in [0.29, 0.717) is 6.07 Å². The normalized spacial score (nSPS) is 9.73. The van der Waals surface area contributed by atoms with Crippen LogP contribution in [0.1, 0.15) is 5.69 Å². The lowest BCUT2D eigenvalue weighted by atomic mass is 10.3. The topological polar surface area (TPSA) is 12.9 Å². The van der Waals surface area contributed by atoms with Crippen LogP contribution in [-0.4, -0.2) is 4.98 Å². The lowest BCUT2D eigenvalue weighted by Gasteiger charge is -1.95. The molecule has 0 aromatic carbocycles. The fourth-order valence-electron chi connectivity index (χ4n) is 0.600. The Morgan fingerprint density at radius 3 is 2.45 bits per heavy atom. The van der Waals surface area contributed by atoms with Gasteiger partial charge in [0.1, 0.15) is 5.69 Å². The van der Waals surface area contributed by atoms with Crippen molar-refractivity contribution in [2.45, 2.75) is 0 Å². The van der Waals surface area contributed by atoms with E-state index in [-0.39, 0.29) is 5.69 Å². The molecule has 1 aromatic heterocycles. The molecule has 1 nitrogen and oxygen atoms in total. The minimum atomic E-state index is -1.32. The highest BCUT2D eigenvalue weighted by Gasteiger charge is 2.08. The minimum absolute atomic E-state index is 0.288. The van der Waals surface area contributed by atoms with E-state index in [1.165, 1.54) is 0 Å². The van der Waals surface area contributed by atoms with Gasteiger partial charge in [-0.1, -0.05) is 6.58 Å². The van der Waals surface area contributed by atoms with Crippen LogP contribution in [0.2, 0.25) is 0 Å². The summed E-state index contributed by atoms with van der Waals surface area (Å²) >= 11 is 0. The van der Waals surface area contributed by atoms with Gasteiger partial charge in [-0.15, -0.1) is 0 Å². The Morgan fingerprint density at radius 2 is 1.91 bits per heavy atom. The van der Waals surface area contributed by atoms with Crippen molar-refractivity contribution in [3.8, 4) is 0 Å². The van der Waals surface area contributed by atoms with Crippen LogP contribution in [0.3, 0.4) is 0 Å². The second-order valence-corrected chi connectivity index (χ2v) is 1.83. The van der Waals surface area contributed by atoms with Gasteiger partial charge in [-0.25, -0.2) is 13.8 Å². The third-order valence-electron chi connectivity index (χ3n) is 1.11. The van der Waals surface area contributed by atoms with Gasteiger partial charge in [0.2, 0.25) is 5.95 Å². The molecule has 0 N–H and O–H groups in total. The second kappa shape index (κ2) is 2.74. The van der Waals surface area contributed by atoms with Crippen LogP contribution in [0.5, 0.6) is 0 Å². The highest BCUT2D eigenvalue weighted by atomic mass is 19.2.